The number of carbonyl (C=O) groups is 2. The molecule has 1 unspecified atom stereocenters. The van der Waals surface area contributed by atoms with Gasteiger partial charge in [0.1, 0.15) is 22.8 Å². The first kappa shape index (κ1) is 32.3. The van der Waals surface area contributed by atoms with Crippen molar-refractivity contribution >= 4 is 29.3 Å². The van der Waals surface area contributed by atoms with Crippen molar-refractivity contribution in [2.45, 2.75) is 66.2 Å². The maximum Gasteiger partial charge on any atom is 0.319 e. The maximum atomic E-state index is 13.5. The van der Waals surface area contributed by atoms with Gasteiger partial charge in [-0.3, -0.25) is 9.59 Å². The van der Waals surface area contributed by atoms with Crippen LogP contribution in [0.15, 0.2) is 53.5 Å². The number of hydrogen-bond donors (Lipinski definition) is 3. The van der Waals surface area contributed by atoms with Crippen molar-refractivity contribution in [3.8, 4) is 17.2 Å². The lowest BCUT2D eigenvalue weighted by atomic mass is 10.0. The number of ether oxygens (including phenoxy) is 3. The number of aromatic nitrogens is 1. The van der Waals surface area contributed by atoms with Crippen molar-refractivity contribution in [3.05, 3.63) is 80.7 Å². The van der Waals surface area contributed by atoms with Gasteiger partial charge in [0.15, 0.2) is 5.69 Å². The number of carbonyl (C=O) groups excluding carboxylic acids is 2. The average molecular weight is 600 g/mol. The van der Waals surface area contributed by atoms with Crippen molar-refractivity contribution in [2.24, 2.45) is 0 Å². The Kier molecular flexibility index (Phi) is 10.9. The minimum Gasteiger partial charge on any atom is -0.505 e. The molecule has 3 aromatic rings. The van der Waals surface area contributed by atoms with E-state index in [1.165, 1.54) is 10.8 Å². The molecule has 11 heteroatoms. The van der Waals surface area contributed by atoms with Crippen molar-refractivity contribution in [1.82, 2.24) is 9.88 Å². The summed E-state index contributed by atoms with van der Waals surface area (Å²) in [6.45, 7) is 11.4. The highest BCUT2D eigenvalue weighted by Crippen LogP contribution is 2.29. The standard InChI is InChI=1S/C31H38ClN3O7/c1-7-40-21-12-9-11-20(15-21)24(16-26(36)42-31(4,5)6)33-30(39)34-27-28(37)19(3)17-35(29(27)38)18-22-23(32)13-10-14-25(22)41-8-2/h9-15,17,24,37H,7-8,16,18H2,1-6H3,(H2,33,34,39). The minimum atomic E-state index is -0.827. The summed E-state index contributed by atoms with van der Waals surface area (Å²) in [5, 5.41) is 16.4. The van der Waals surface area contributed by atoms with Crippen LogP contribution in [0, 0.1) is 6.92 Å². The third-order valence-electron chi connectivity index (χ3n) is 6.04. The molecule has 1 aromatic heterocycles. The van der Waals surface area contributed by atoms with Crippen molar-refractivity contribution in [2.75, 3.05) is 18.5 Å². The summed E-state index contributed by atoms with van der Waals surface area (Å²) in [4.78, 5) is 39.4. The second kappa shape index (κ2) is 14.1. The molecular weight excluding hydrogens is 562 g/mol. The maximum absolute atomic E-state index is 13.5. The van der Waals surface area contributed by atoms with Crippen LogP contribution in [0.5, 0.6) is 17.2 Å². The second-order valence-corrected chi connectivity index (χ2v) is 11.0. The summed E-state index contributed by atoms with van der Waals surface area (Å²) in [5.41, 5.74) is -0.178. The Balaban J connectivity index is 1.92. The number of hydrogen-bond acceptors (Lipinski definition) is 7. The summed E-state index contributed by atoms with van der Waals surface area (Å²) in [6.07, 6.45) is 1.29. The zero-order valence-electron chi connectivity index (χ0n) is 24.7. The van der Waals surface area contributed by atoms with Crippen LogP contribution in [-0.2, 0) is 16.1 Å². The fraction of sp³-hybridized carbons (Fsp3) is 0.387. The van der Waals surface area contributed by atoms with E-state index in [4.69, 9.17) is 25.8 Å². The molecule has 226 valence electrons. The molecule has 42 heavy (non-hydrogen) atoms. The molecule has 10 nitrogen and oxygen atoms in total. The van der Waals surface area contributed by atoms with E-state index in [2.05, 4.69) is 10.6 Å². The summed E-state index contributed by atoms with van der Waals surface area (Å²) >= 11 is 6.42. The van der Waals surface area contributed by atoms with Crippen LogP contribution in [0.25, 0.3) is 0 Å². The average Bonchev–Trinajstić information content (AvgIpc) is 2.90. The number of esters is 1. The summed E-state index contributed by atoms with van der Waals surface area (Å²) in [7, 11) is 0. The molecule has 0 saturated carbocycles. The van der Waals surface area contributed by atoms with Gasteiger partial charge in [-0.2, -0.15) is 0 Å². The smallest absolute Gasteiger partial charge is 0.319 e. The Morgan fingerprint density at radius 2 is 1.76 bits per heavy atom. The molecule has 0 aliphatic rings. The lowest BCUT2D eigenvalue weighted by Crippen LogP contribution is -2.37. The number of urea groups is 1. The number of rotatable bonds is 11. The van der Waals surface area contributed by atoms with Crippen LogP contribution in [0.2, 0.25) is 5.02 Å². The summed E-state index contributed by atoms with van der Waals surface area (Å²) < 4.78 is 18.1. The predicted molar refractivity (Wildman–Crippen MR) is 162 cm³/mol. The van der Waals surface area contributed by atoms with E-state index in [1.54, 1.807) is 70.2 Å². The van der Waals surface area contributed by atoms with Gasteiger partial charge in [0.2, 0.25) is 0 Å². The minimum absolute atomic E-state index is 0.0384. The number of aryl methyl sites for hydroxylation is 1. The van der Waals surface area contributed by atoms with E-state index < -0.39 is 29.2 Å². The second-order valence-electron chi connectivity index (χ2n) is 10.6. The Morgan fingerprint density at radius 3 is 2.43 bits per heavy atom. The highest BCUT2D eigenvalue weighted by molar-refractivity contribution is 6.31. The number of anilines is 1. The molecule has 1 heterocycles. The molecule has 0 bridgehead atoms. The quantitative estimate of drug-likeness (QED) is 0.232. The molecule has 2 amide bonds. The summed E-state index contributed by atoms with van der Waals surface area (Å²) in [6, 6.07) is 10.5. The van der Waals surface area contributed by atoms with Crippen molar-refractivity contribution in [3.63, 3.8) is 0 Å². The van der Waals surface area contributed by atoms with Crippen molar-refractivity contribution in [1.29, 1.82) is 0 Å². The van der Waals surface area contributed by atoms with Gasteiger partial charge in [-0.1, -0.05) is 29.8 Å². The van der Waals surface area contributed by atoms with Crippen LogP contribution in [-0.4, -0.2) is 40.5 Å². The van der Waals surface area contributed by atoms with Gasteiger partial charge in [0, 0.05) is 22.3 Å². The van der Waals surface area contributed by atoms with Crippen LogP contribution in [0.4, 0.5) is 10.5 Å². The monoisotopic (exact) mass is 599 g/mol. The molecule has 2 aromatic carbocycles. The predicted octanol–water partition coefficient (Wildman–Crippen LogP) is 5.96. The van der Waals surface area contributed by atoms with Gasteiger partial charge in [0.05, 0.1) is 32.2 Å². The number of nitrogens with zero attached hydrogens (tertiary/aromatic N) is 1. The molecule has 0 aliphatic carbocycles. The highest BCUT2D eigenvalue weighted by atomic mass is 35.5. The number of aromatic hydroxyl groups is 1. The van der Waals surface area contributed by atoms with Crippen molar-refractivity contribution < 1.29 is 28.9 Å². The van der Waals surface area contributed by atoms with E-state index in [0.29, 0.717) is 46.4 Å². The molecule has 3 rings (SSSR count). The molecule has 0 aliphatic heterocycles. The van der Waals surface area contributed by atoms with Crippen LogP contribution in [0.1, 0.15) is 63.8 Å². The molecule has 0 radical (unpaired) electrons. The third kappa shape index (κ3) is 8.66. The third-order valence-corrected chi connectivity index (χ3v) is 6.40. The normalized spacial score (nSPS) is 11.9. The number of nitrogens with one attached hydrogen (secondary N) is 2. The van der Waals surface area contributed by atoms with Crippen LogP contribution < -0.4 is 25.7 Å². The molecule has 0 spiro atoms. The zero-order valence-corrected chi connectivity index (χ0v) is 25.5. The summed E-state index contributed by atoms with van der Waals surface area (Å²) in [5.74, 6) is 0.184. The zero-order chi connectivity index (χ0) is 31.0. The Morgan fingerprint density at radius 1 is 1.07 bits per heavy atom. The number of benzene rings is 2. The van der Waals surface area contributed by atoms with E-state index in [0.717, 1.165) is 0 Å². The van der Waals surface area contributed by atoms with Gasteiger partial charge in [-0.05, 0) is 71.4 Å². The fourth-order valence-corrected chi connectivity index (χ4v) is 4.50. The molecular formula is C31H38ClN3O7. The lowest BCUT2D eigenvalue weighted by Gasteiger charge is -2.24. The first-order valence-electron chi connectivity index (χ1n) is 13.7. The van der Waals surface area contributed by atoms with E-state index in [-0.39, 0.29) is 24.4 Å². The molecule has 3 N–H and O–H groups in total. The Bertz CT molecular complexity index is 1480. The van der Waals surface area contributed by atoms with Crippen LogP contribution >= 0.6 is 11.6 Å². The van der Waals surface area contributed by atoms with Gasteiger partial charge < -0.3 is 34.5 Å². The van der Waals surface area contributed by atoms with E-state index in [9.17, 15) is 19.5 Å². The van der Waals surface area contributed by atoms with E-state index >= 15 is 0 Å². The largest absolute Gasteiger partial charge is 0.505 e. The number of halogens is 1. The first-order chi connectivity index (χ1) is 19.8. The topological polar surface area (TPSA) is 128 Å². The SMILES string of the molecule is CCOc1cccc(C(CC(=O)OC(C)(C)C)NC(=O)Nc2c(O)c(C)cn(Cc3c(Cl)cccc3OCC)c2=O)c1. The Hall–Kier alpha value is -4.18. The van der Waals surface area contributed by atoms with Gasteiger partial charge >= 0.3 is 12.0 Å². The fourth-order valence-electron chi connectivity index (χ4n) is 4.28. The number of pyridine rings is 1. The molecule has 0 saturated heterocycles. The van der Waals surface area contributed by atoms with Gasteiger partial charge in [-0.25, -0.2) is 4.79 Å². The first-order valence-corrected chi connectivity index (χ1v) is 14.1. The van der Waals surface area contributed by atoms with Gasteiger partial charge in [-0.15, -0.1) is 0 Å². The Labute approximate surface area is 250 Å². The molecule has 1 atom stereocenters. The number of amides is 2. The van der Waals surface area contributed by atoms with E-state index in [1.807, 2.05) is 13.8 Å². The van der Waals surface area contributed by atoms with Gasteiger partial charge in [0.25, 0.3) is 5.56 Å². The van der Waals surface area contributed by atoms with Crippen LogP contribution in [0.3, 0.4) is 0 Å². The lowest BCUT2D eigenvalue weighted by molar-refractivity contribution is -0.155. The highest BCUT2D eigenvalue weighted by Gasteiger charge is 2.25. The molecule has 0 fully saturated rings.